The minimum absolute atomic E-state index is 0.432. The van der Waals surface area contributed by atoms with E-state index in [0.29, 0.717) is 11.5 Å². The van der Waals surface area contributed by atoms with Crippen LogP contribution in [0.25, 0.3) is 0 Å². The van der Waals surface area contributed by atoms with Gasteiger partial charge in [-0.2, -0.15) is 0 Å². The van der Waals surface area contributed by atoms with E-state index in [9.17, 15) is 0 Å². The van der Waals surface area contributed by atoms with Crippen molar-refractivity contribution >= 4 is 0 Å². The molecule has 1 atom stereocenters. The summed E-state index contributed by atoms with van der Waals surface area (Å²) in [5, 5.41) is 3.66. The highest BCUT2D eigenvalue weighted by atomic mass is 15.1. The van der Waals surface area contributed by atoms with Gasteiger partial charge in [0, 0.05) is 19.1 Å². The quantitative estimate of drug-likeness (QED) is 0.778. The summed E-state index contributed by atoms with van der Waals surface area (Å²) in [4.78, 5) is 2.76. The Morgan fingerprint density at radius 2 is 1.67 bits per heavy atom. The van der Waals surface area contributed by atoms with Crippen molar-refractivity contribution in [2.45, 2.75) is 85.1 Å². The summed E-state index contributed by atoms with van der Waals surface area (Å²) >= 11 is 0. The van der Waals surface area contributed by atoms with Gasteiger partial charge < -0.3 is 10.2 Å². The Morgan fingerprint density at radius 3 is 2.19 bits per heavy atom. The highest BCUT2D eigenvalue weighted by Crippen LogP contribution is 2.44. The van der Waals surface area contributed by atoms with Crippen LogP contribution in [0.15, 0.2) is 0 Å². The van der Waals surface area contributed by atoms with Crippen molar-refractivity contribution in [1.29, 1.82) is 0 Å². The lowest BCUT2D eigenvalue weighted by Crippen LogP contribution is -2.48. The molecule has 2 nitrogen and oxygen atoms in total. The molecule has 1 unspecified atom stereocenters. The van der Waals surface area contributed by atoms with Gasteiger partial charge in [0.1, 0.15) is 0 Å². The molecule has 1 saturated heterocycles. The van der Waals surface area contributed by atoms with Crippen LogP contribution in [0.5, 0.6) is 0 Å². The molecule has 1 saturated carbocycles. The van der Waals surface area contributed by atoms with E-state index in [1.165, 1.54) is 71.0 Å². The molecule has 1 spiro atoms. The topological polar surface area (TPSA) is 15.3 Å². The second-order valence-corrected chi connectivity index (χ2v) is 8.54. The fourth-order valence-corrected chi connectivity index (χ4v) is 4.27. The fourth-order valence-electron chi connectivity index (χ4n) is 4.27. The smallest absolute Gasteiger partial charge is 0.00474 e. The van der Waals surface area contributed by atoms with Crippen molar-refractivity contribution in [2.24, 2.45) is 10.8 Å². The maximum Gasteiger partial charge on any atom is 0.00474 e. The summed E-state index contributed by atoms with van der Waals surface area (Å²) in [6.45, 7) is 14.5. The second kappa shape index (κ2) is 7.46. The van der Waals surface area contributed by atoms with E-state index in [-0.39, 0.29) is 0 Å². The van der Waals surface area contributed by atoms with Gasteiger partial charge in [0.05, 0.1) is 0 Å². The van der Waals surface area contributed by atoms with Gasteiger partial charge in [-0.15, -0.1) is 0 Å². The second-order valence-electron chi connectivity index (χ2n) is 8.54. The minimum atomic E-state index is 0.432. The van der Waals surface area contributed by atoms with Gasteiger partial charge in [-0.25, -0.2) is 0 Å². The van der Waals surface area contributed by atoms with Crippen molar-refractivity contribution in [1.82, 2.24) is 10.2 Å². The Hall–Kier alpha value is -0.0800. The number of likely N-dealkylation sites (tertiary alicyclic amines) is 1. The summed E-state index contributed by atoms with van der Waals surface area (Å²) in [7, 11) is 0. The van der Waals surface area contributed by atoms with E-state index >= 15 is 0 Å². The summed E-state index contributed by atoms with van der Waals surface area (Å²) in [5.74, 6) is 0. The average molecular weight is 295 g/mol. The Bertz CT molecular complexity index is 297. The van der Waals surface area contributed by atoms with Crippen molar-refractivity contribution < 1.29 is 0 Å². The van der Waals surface area contributed by atoms with Gasteiger partial charge in [-0.3, -0.25) is 0 Å². The zero-order valence-corrected chi connectivity index (χ0v) is 15.0. The molecule has 0 aromatic carbocycles. The maximum atomic E-state index is 3.66. The fraction of sp³-hybridized carbons (Fsp3) is 1.00. The minimum Gasteiger partial charge on any atom is -0.314 e. The molecule has 1 heterocycles. The number of hydrogen-bond acceptors (Lipinski definition) is 2. The SMILES string of the molecule is CCC(C)(CNC(C)C)CN1CCC2(CCCCC2)CC1. The van der Waals surface area contributed by atoms with E-state index in [4.69, 9.17) is 0 Å². The van der Waals surface area contributed by atoms with E-state index in [2.05, 4.69) is 37.9 Å². The molecule has 0 bridgehead atoms. The van der Waals surface area contributed by atoms with Crippen LogP contribution in [0.3, 0.4) is 0 Å². The van der Waals surface area contributed by atoms with Crippen LogP contribution in [-0.4, -0.2) is 37.1 Å². The standard InChI is InChI=1S/C19H38N2/c1-5-18(4,15-20-17(2)3)16-21-13-11-19(12-14-21)9-7-6-8-10-19/h17,20H,5-16H2,1-4H3. The van der Waals surface area contributed by atoms with Crippen molar-refractivity contribution in [3.05, 3.63) is 0 Å². The van der Waals surface area contributed by atoms with E-state index < -0.39 is 0 Å². The molecule has 1 aliphatic carbocycles. The van der Waals surface area contributed by atoms with Crippen LogP contribution in [0, 0.1) is 10.8 Å². The van der Waals surface area contributed by atoms with Gasteiger partial charge in [0.25, 0.3) is 0 Å². The zero-order chi connectivity index (χ0) is 15.3. The van der Waals surface area contributed by atoms with Gasteiger partial charge in [0.15, 0.2) is 0 Å². The molecule has 124 valence electrons. The third-order valence-corrected chi connectivity index (χ3v) is 6.23. The first-order valence-electron chi connectivity index (χ1n) is 9.43. The Kier molecular flexibility index (Phi) is 6.14. The average Bonchev–Trinajstić information content (AvgIpc) is 2.49. The van der Waals surface area contributed by atoms with Crippen molar-refractivity contribution in [3.8, 4) is 0 Å². The largest absolute Gasteiger partial charge is 0.314 e. The molecular weight excluding hydrogens is 256 g/mol. The molecule has 1 N–H and O–H groups in total. The van der Waals surface area contributed by atoms with Gasteiger partial charge in [-0.05, 0) is 56.0 Å². The highest BCUT2D eigenvalue weighted by molar-refractivity contribution is 4.90. The highest BCUT2D eigenvalue weighted by Gasteiger charge is 2.37. The molecule has 0 amide bonds. The third-order valence-electron chi connectivity index (χ3n) is 6.23. The van der Waals surface area contributed by atoms with Crippen LogP contribution in [-0.2, 0) is 0 Å². The molecule has 0 radical (unpaired) electrons. The maximum absolute atomic E-state index is 3.66. The van der Waals surface area contributed by atoms with Crippen LogP contribution >= 0.6 is 0 Å². The predicted molar refractivity (Wildman–Crippen MR) is 92.7 cm³/mol. The first-order valence-corrected chi connectivity index (χ1v) is 9.43. The molecule has 1 aliphatic heterocycles. The number of rotatable bonds is 6. The lowest BCUT2D eigenvalue weighted by Gasteiger charge is -2.46. The van der Waals surface area contributed by atoms with Gasteiger partial charge >= 0.3 is 0 Å². The van der Waals surface area contributed by atoms with Crippen LogP contribution in [0.1, 0.15) is 79.1 Å². The monoisotopic (exact) mass is 294 g/mol. The number of nitrogens with one attached hydrogen (secondary N) is 1. The lowest BCUT2D eigenvalue weighted by atomic mass is 9.68. The lowest BCUT2D eigenvalue weighted by molar-refractivity contribution is 0.0438. The Balaban J connectivity index is 1.80. The zero-order valence-electron chi connectivity index (χ0n) is 15.0. The summed E-state index contributed by atoms with van der Waals surface area (Å²) in [5.41, 5.74) is 1.18. The summed E-state index contributed by atoms with van der Waals surface area (Å²) < 4.78 is 0. The summed E-state index contributed by atoms with van der Waals surface area (Å²) in [6.07, 6.45) is 11.7. The number of piperidine rings is 1. The van der Waals surface area contributed by atoms with Crippen LogP contribution in [0.2, 0.25) is 0 Å². The molecule has 0 aromatic heterocycles. The van der Waals surface area contributed by atoms with Crippen molar-refractivity contribution in [3.63, 3.8) is 0 Å². The van der Waals surface area contributed by atoms with Gasteiger partial charge in [-0.1, -0.05) is 47.0 Å². The summed E-state index contributed by atoms with van der Waals surface area (Å²) in [6, 6.07) is 0.600. The van der Waals surface area contributed by atoms with Crippen LogP contribution < -0.4 is 5.32 Å². The van der Waals surface area contributed by atoms with Crippen molar-refractivity contribution in [2.75, 3.05) is 26.2 Å². The van der Waals surface area contributed by atoms with E-state index in [1.807, 2.05) is 0 Å². The molecule has 21 heavy (non-hydrogen) atoms. The first kappa shape index (κ1) is 17.3. The predicted octanol–water partition coefficient (Wildman–Crippen LogP) is 4.45. The third kappa shape index (κ3) is 4.96. The number of hydrogen-bond donors (Lipinski definition) is 1. The molecule has 0 aromatic rings. The molecule has 2 rings (SSSR count). The normalized spacial score (nSPS) is 26.1. The van der Waals surface area contributed by atoms with E-state index in [1.54, 1.807) is 0 Å². The first-order chi connectivity index (χ1) is 9.97. The molecule has 2 heteroatoms. The van der Waals surface area contributed by atoms with E-state index in [0.717, 1.165) is 12.0 Å². The Labute approximate surface area is 133 Å². The van der Waals surface area contributed by atoms with Gasteiger partial charge in [0.2, 0.25) is 0 Å². The molecule has 2 fully saturated rings. The number of nitrogens with zero attached hydrogens (tertiary/aromatic N) is 1. The van der Waals surface area contributed by atoms with Crippen LogP contribution in [0.4, 0.5) is 0 Å². The Morgan fingerprint density at radius 1 is 1.05 bits per heavy atom. The molecule has 2 aliphatic rings. The molecular formula is C19H38N2.